The van der Waals surface area contributed by atoms with E-state index in [0.29, 0.717) is 5.65 Å². The van der Waals surface area contributed by atoms with Crippen molar-refractivity contribution in [3.8, 4) is 22.5 Å². The monoisotopic (exact) mass is 279 g/mol. The molecule has 0 atom stereocenters. The number of pyridine rings is 1. The van der Waals surface area contributed by atoms with Gasteiger partial charge in [0.1, 0.15) is 16.9 Å². The topological polar surface area (TPSA) is 67.3 Å². The second kappa shape index (κ2) is 4.50. The molecule has 0 radical (unpaired) electrons. The van der Waals surface area contributed by atoms with Crippen LogP contribution >= 0.6 is 11.5 Å². The number of rotatable bonds is 2. The van der Waals surface area contributed by atoms with Gasteiger partial charge in [-0.05, 0) is 29.2 Å². The molecule has 0 spiro atoms. The summed E-state index contributed by atoms with van der Waals surface area (Å²) in [5.74, 6) is 0. The van der Waals surface area contributed by atoms with Crippen LogP contribution in [0.4, 0.5) is 0 Å². The summed E-state index contributed by atoms with van der Waals surface area (Å²) in [6.07, 6.45) is 0. The molecule has 0 bridgehead atoms. The summed E-state index contributed by atoms with van der Waals surface area (Å²) < 4.78 is 4.38. The summed E-state index contributed by atoms with van der Waals surface area (Å²) in [4.78, 5) is 4.59. The van der Waals surface area contributed by atoms with Gasteiger partial charge < -0.3 is 0 Å². The summed E-state index contributed by atoms with van der Waals surface area (Å²) in [6.45, 7) is 0. The smallest absolute Gasteiger partial charge is 0.202 e. The normalized spacial score (nSPS) is 11.0. The first-order chi connectivity index (χ1) is 9.92. The molecule has 4 aromatic rings. The second-order valence-corrected chi connectivity index (χ2v) is 4.98. The Kier molecular flexibility index (Phi) is 2.53. The van der Waals surface area contributed by atoms with Crippen molar-refractivity contribution in [3.05, 3.63) is 47.8 Å². The van der Waals surface area contributed by atoms with Crippen LogP contribution in [0, 0.1) is 0 Å². The number of H-pyrrole nitrogens is 1. The maximum absolute atomic E-state index is 4.59. The molecule has 0 aliphatic rings. The zero-order chi connectivity index (χ0) is 13.4. The predicted molar refractivity (Wildman–Crippen MR) is 78.2 cm³/mol. The Morgan fingerprint density at radius 2 is 1.95 bits per heavy atom. The minimum Gasteiger partial charge on any atom is -0.256 e. The van der Waals surface area contributed by atoms with Crippen molar-refractivity contribution in [2.24, 2.45) is 0 Å². The average Bonchev–Trinajstić information content (AvgIpc) is 3.17. The molecular weight excluding hydrogens is 270 g/mol. The van der Waals surface area contributed by atoms with Crippen molar-refractivity contribution in [1.29, 1.82) is 0 Å². The van der Waals surface area contributed by atoms with E-state index in [1.807, 2.05) is 35.7 Å². The zero-order valence-electron chi connectivity index (χ0n) is 10.3. The lowest BCUT2D eigenvalue weighted by Crippen LogP contribution is -1.91. The van der Waals surface area contributed by atoms with Crippen LogP contribution in [-0.4, -0.2) is 24.8 Å². The molecule has 3 heterocycles. The van der Waals surface area contributed by atoms with Gasteiger partial charge in [0.25, 0.3) is 0 Å². The molecule has 0 saturated heterocycles. The fourth-order valence-corrected chi connectivity index (χ4v) is 2.67. The van der Waals surface area contributed by atoms with Gasteiger partial charge in [0.2, 0.25) is 5.65 Å². The predicted octanol–water partition coefficient (Wildman–Crippen LogP) is 3.14. The largest absolute Gasteiger partial charge is 0.256 e. The first kappa shape index (κ1) is 11.2. The number of fused-ring (bicyclic) bond motifs is 1. The SMILES string of the molecule is c1ccc(-c2cc3[nH]nnc3nc2-c2ccsn2)cc1. The average molecular weight is 279 g/mol. The van der Waals surface area contributed by atoms with Crippen molar-refractivity contribution >= 4 is 22.7 Å². The molecule has 0 unspecified atom stereocenters. The summed E-state index contributed by atoms with van der Waals surface area (Å²) in [5.41, 5.74) is 5.24. The molecule has 0 saturated carbocycles. The van der Waals surface area contributed by atoms with Gasteiger partial charge in [0.05, 0.1) is 0 Å². The van der Waals surface area contributed by atoms with Crippen molar-refractivity contribution in [2.45, 2.75) is 0 Å². The van der Waals surface area contributed by atoms with Crippen LogP contribution < -0.4 is 0 Å². The van der Waals surface area contributed by atoms with Gasteiger partial charge in [0.15, 0.2) is 0 Å². The lowest BCUT2D eigenvalue weighted by atomic mass is 10.0. The fraction of sp³-hybridized carbons (Fsp3) is 0. The standard InChI is InChI=1S/C14H9N5S/c1-2-4-9(5-3-1)10-8-12-14(17-19-16-12)15-13(10)11-6-7-20-18-11/h1-8H,(H,15,16,17,19). The van der Waals surface area contributed by atoms with Crippen LogP contribution in [0.2, 0.25) is 0 Å². The first-order valence-corrected chi connectivity index (χ1v) is 6.93. The Labute approximate surface area is 118 Å². The van der Waals surface area contributed by atoms with E-state index in [0.717, 1.165) is 28.0 Å². The molecule has 3 aromatic heterocycles. The van der Waals surface area contributed by atoms with Gasteiger partial charge in [-0.2, -0.15) is 4.37 Å². The third-order valence-electron chi connectivity index (χ3n) is 3.08. The van der Waals surface area contributed by atoms with Gasteiger partial charge in [-0.15, -0.1) is 5.10 Å². The van der Waals surface area contributed by atoms with E-state index in [9.17, 15) is 0 Å². The Balaban J connectivity index is 2.04. The van der Waals surface area contributed by atoms with E-state index in [4.69, 9.17) is 0 Å². The molecular formula is C14H9N5S. The number of aromatic nitrogens is 5. The number of nitrogens with zero attached hydrogens (tertiary/aromatic N) is 4. The lowest BCUT2D eigenvalue weighted by Gasteiger charge is -2.06. The van der Waals surface area contributed by atoms with Gasteiger partial charge in [0, 0.05) is 10.9 Å². The third kappa shape index (κ3) is 1.78. The summed E-state index contributed by atoms with van der Waals surface area (Å²) in [7, 11) is 0. The molecule has 20 heavy (non-hydrogen) atoms. The number of hydrogen-bond acceptors (Lipinski definition) is 5. The lowest BCUT2D eigenvalue weighted by molar-refractivity contribution is 0.954. The zero-order valence-corrected chi connectivity index (χ0v) is 11.1. The van der Waals surface area contributed by atoms with Crippen LogP contribution in [0.25, 0.3) is 33.7 Å². The third-order valence-corrected chi connectivity index (χ3v) is 3.64. The van der Waals surface area contributed by atoms with Crippen LogP contribution in [-0.2, 0) is 0 Å². The van der Waals surface area contributed by atoms with Gasteiger partial charge in [-0.1, -0.05) is 35.5 Å². The van der Waals surface area contributed by atoms with Crippen molar-refractivity contribution in [3.63, 3.8) is 0 Å². The molecule has 0 aliphatic heterocycles. The van der Waals surface area contributed by atoms with Crippen LogP contribution in [0.1, 0.15) is 0 Å². The van der Waals surface area contributed by atoms with Crippen LogP contribution in [0.15, 0.2) is 47.8 Å². The summed E-state index contributed by atoms with van der Waals surface area (Å²) in [5, 5.41) is 12.6. The fourth-order valence-electron chi connectivity index (χ4n) is 2.16. The Morgan fingerprint density at radius 1 is 1.05 bits per heavy atom. The quantitative estimate of drug-likeness (QED) is 0.612. The maximum Gasteiger partial charge on any atom is 0.202 e. The van der Waals surface area contributed by atoms with E-state index in [-0.39, 0.29) is 0 Å². The van der Waals surface area contributed by atoms with Crippen molar-refractivity contribution < 1.29 is 0 Å². The second-order valence-electron chi connectivity index (χ2n) is 4.32. The molecule has 5 nitrogen and oxygen atoms in total. The molecule has 0 amide bonds. The minimum atomic E-state index is 0.604. The molecule has 96 valence electrons. The number of hydrogen-bond donors (Lipinski definition) is 1. The van der Waals surface area contributed by atoms with Crippen LogP contribution in [0.5, 0.6) is 0 Å². The van der Waals surface area contributed by atoms with E-state index in [1.165, 1.54) is 11.5 Å². The van der Waals surface area contributed by atoms with E-state index >= 15 is 0 Å². The highest BCUT2D eigenvalue weighted by atomic mass is 32.1. The highest BCUT2D eigenvalue weighted by molar-refractivity contribution is 7.03. The molecule has 1 N–H and O–H groups in total. The minimum absolute atomic E-state index is 0.604. The first-order valence-electron chi connectivity index (χ1n) is 6.10. The molecule has 1 aromatic carbocycles. The summed E-state index contributed by atoms with van der Waals surface area (Å²) in [6, 6.07) is 14.1. The number of nitrogens with one attached hydrogen (secondary N) is 1. The molecule has 0 aliphatic carbocycles. The molecule has 6 heteroatoms. The number of benzene rings is 1. The Hall–Kier alpha value is -2.60. The van der Waals surface area contributed by atoms with Gasteiger partial charge in [-0.3, -0.25) is 5.10 Å². The van der Waals surface area contributed by atoms with Gasteiger partial charge >= 0.3 is 0 Å². The Morgan fingerprint density at radius 3 is 2.75 bits per heavy atom. The van der Waals surface area contributed by atoms with Crippen molar-refractivity contribution in [1.82, 2.24) is 24.8 Å². The number of aromatic amines is 1. The van der Waals surface area contributed by atoms with Gasteiger partial charge in [-0.25, -0.2) is 4.98 Å². The maximum atomic E-state index is 4.59. The van der Waals surface area contributed by atoms with E-state index < -0.39 is 0 Å². The Bertz CT molecular complexity index is 852. The van der Waals surface area contributed by atoms with Crippen LogP contribution in [0.3, 0.4) is 0 Å². The highest BCUT2D eigenvalue weighted by Crippen LogP contribution is 2.31. The molecule has 0 fully saturated rings. The highest BCUT2D eigenvalue weighted by Gasteiger charge is 2.14. The van der Waals surface area contributed by atoms with E-state index in [2.05, 4.69) is 36.9 Å². The summed E-state index contributed by atoms with van der Waals surface area (Å²) >= 11 is 1.41. The van der Waals surface area contributed by atoms with Crippen molar-refractivity contribution in [2.75, 3.05) is 0 Å². The van der Waals surface area contributed by atoms with E-state index in [1.54, 1.807) is 0 Å². The molecule has 4 rings (SSSR count).